The molecule has 0 rings (SSSR count). The smallest absolute Gasteiger partial charge is 0.462 e. The maximum Gasteiger partial charge on any atom is 0.472 e. The average Bonchev–Trinajstić information content (AvgIpc) is 3.65. The lowest BCUT2D eigenvalue weighted by Gasteiger charge is -2.21. The molecule has 0 bridgehead atoms. The normalized spacial score (nSPS) is 14.4. The minimum absolute atomic E-state index is 0.106. The summed E-state index contributed by atoms with van der Waals surface area (Å²) in [5.74, 6) is -1.36. The molecule has 0 spiro atoms. The largest absolute Gasteiger partial charge is 0.472 e. The molecule has 0 saturated heterocycles. The van der Waals surface area contributed by atoms with Crippen LogP contribution in [0.5, 0.6) is 0 Å². The van der Waals surface area contributed by atoms with Gasteiger partial charge in [-0.2, -0.15) is 0 Å². The molecule has 528 valence electrons. The van der Waals surface area contributed by atoms with Crippen molar-refractivity contribution in [1.82, 2.24) is 0 Å². The van der Waals surface area contributed by atoms with Crippen molar-refractivity contribution in [2.75, 3.05) is 39.6 Å². The zero-order valence-corrected chi connectivity index (χ0v) is 59.4. The number of aliphatic hydroxyl groups excluding tert-OH is 1. The lowest BCUT2D eigenvalue weighted by atomic mass is 9.99. The fraction of sp³-hybridized carbons (Fsp3) is 0.943. The van der Waals surface area contributed by atoms with Gasteiger partial charge in [-0.05, 0) is 31.6 Å². The van der Waals surface area contributed by atoms with Gasteiger partial charge in [-0.15, -0.1) is 0 Å². The molecule has 3 N–H and O–H groups in total. The summed E-state index contributed by atoms with van der Waals surface area (Å²) in [7, 11) is -9.89. The van der Waals surface area contributed by atoms with E-state index in [9.17, 15) is 43.2 Å². The number of esters is 4. The van der Waals surface area contributed by atoms with Crippen LogP contribution in [-0.4, -0.2) is 96.7 Å². The Morgan fingerprint density at radius 1 is 0.315 bits per heavy atom. The maximum atomic E-state index is 13.0. The zero-order valence-electron chi connectivity index (χ0n) is 57.6. The van der Waals surface area contributed by atoms with E-state index < -0.39 is 97.5 Å². The van der Waals surface area contributed by atoms with Crippen molar-refractivity contribution in [3.8, 4) is 0 Å². The molecule has 0 saturated carbocycles. The van der Waals surface area contributed by atoms with E-state index in [1.807, 2.05) is 0 Å². The second kappa shape index (κ2) is 63.5. The summed E-state index contributed by atoms with van der Waals surface area (Å²) >= 11 is 0. The minimum atomic E-state index is -4.95. The Labute approximate surface area is 543 Å². The van der Waals surface area contributed by atoms with Crippen LogP contribution in [0.2, 0.25) is 0 Å². The SMILES string of the molecule is CCCCCCCCCCCCCCCCCCCCCCC(=O)O[C@H](COC(=O)CCCCCCCCCCC(C)CC)COP(=O)(O)OC[C@@H](O)COP(=O)(O)OC[C@@H](COC(=O)CCCCCCC)OC(=O)CCCCCCCCCCCCCC. The molecule has 0 aromatic heterocycles. The first kappa shape index (κ1) is 87.1. The van der Waals surface area contributed by atoms with Crippen LogP contribution >= 0.6 is 15.6 Å². The van der Waals surface area contributed by atoms with Gasteiger partial charge < -0.3 is 33.8 Å². The molecule has 17 nitrogen and oxygen atoms in total. The van der Waals surface area contributed by atoms with Gasteiger partial charge in [-0.1, -0.05) is 311 Å². The van der Waals surface area contributed by atoms with Crippen molar-refractivity contribution >= 4 is 39.5 Å². The number of unbranched alkanes of at least 4 members (excludes halogenated alkanes) is 41. The Bertz CT molecular complexity index is 1720. The van der Waals surface area contributed by atoms with E-state index in [0.717, 1.165) is 102 Å². The highest BCUT2D eigenvalue weighted by molar-refractivity contribution is 7.47. The summed E-state index contributed by atoms with van der Waals surface area (Å²) in [5, 5.41) is 10.6. The molecule has 3 unspecified atom stereocenters. The highest BCUT2D eigenvalue weighted by atomic mass is 31.2. The van der Waals surface area contributed by atoms with E-state index in [-0.39, 0.29) is 25.7 Å². The molecule has 0 aromatic rings. The number of phosphoric ester groups is 2. The van der Waals surface area contributed by atoms with Gasteiger partial charge in [0.15, 0.2) is 12.2 Å². The van der Waals surface area contributed by atoms with Crippen molar-refractivity contribution in [3.63, 3.8) is 0 Å². The molecule has 0 aliphatic carbocycles. The molecule has 0 aliphatic rings. The summed E-state index contributed by atoms with van der Waals surface area (Å²) in [6.07, 6.45) is 50.4. The maximum absolute atomic E-state index is 13.0. The fourth-order valence-electron chi connectivity index (χ4n) is 10.6. The Morgan fingerprint density at radius 3 is 0.798 bits per heavy atom. The number of aliphatic hydroxyl groups is 1. The Morgan fingerprint density at radius 2 is 0.539 bits per heavy atom. The van der Waals surface area contributed by atoms with Crippen LogP contribution in [0, 0.1) is 5.92 Å². The van der Waals surface area contributed by atoms with Crippen LogP contribution in [0.25, 0.3) is 0 Å². The van der Waals surface area contributed by atoms with Gasteiger partial charge in [-0.25, -0.2) is 9.13 Å². The van der Waals surface area contributed by atoms with Crippen molar-refractivity contribution in [1.29, 1.82) is 0 Å². The van der Waals surface area contributed by atoms with Gasteiger partial charge >= 0.3 is 39.5 Å². The van der Waals surface area contributed by atoms with Crippen molar-refractivity contribution in [2.45, 2.75) is 380 Å². The lowest BCUT2D eigenvalue weighted by molar-refractivity contribution is -0.161. The van der Waals surface area contributed by atoms with Gasteiger partial charge in [0.2, 0.25) is 0 Å². The number of carbonyl (C=O) groups is 4. The van der Waals surface area contributed by atoms with Gasteiger partial charge in [0.05, 0.1) is 26.4 Å². The van der Waals surface area contributed by atoms with Crippen molar-refractivity contribution < 1.29 is 80.2 Å². The summed E-state index contributed by atoms with van der Waals surface area (Å²) in [4.78, 5) is 72.2. The summed E-state index contributed by atoms with van der Waals surface area (Å²) in [6.45, 7) is 7.16. The van der Waals surface area contributed by atoms with E-state index in [1.54, 1.807) is 0 Å². The number of ether oxygens (including phenoxy) is 4. The van der Waals surface area contributed by atoms with Crippen LogP contribution in [0.1, 0.15) is 362 Å². The number of rotatable bonds is 70. The minimum Gasteiger partial charge on any atom is -0.462 e. The van der Waals surface area contributed by atoms with Crippen LogP contribution in [0.4, 0.5) is 0 Å². The molecule has 0 amide bonds. The zero-order chi connectivity index (χ0) is 65.6. The number of hydrogen-bond donors (Lipinski definition) is 3. The molecule has 0 aromatic carbocycles. The summed E-state index contributed by atoms with van der Waals surface area (Å²) in [5.41, 5.74) is 0. The van der Waals surface area contributed by atoms with Gasteiger partial charge in [0, 0.05) is 25.7 Å². The Kier molecular flexibility index (Phi) is 62.1. The van der Waals surface area contributed by atoms with Crippen molar-refractivity contribution in [2.24, 2.45) is 5.92 Å². The van der Waals surface area contributed by atoms with Gasteiger partial charge in [0.1, 0.15) is 19.3 Å². The first-order chi connectivity index (χ1) is 43.1. The van der Waals surface area contributed by atoms with Crippen LogP contribution in [-0.2, 0) is 65.4 Å². The number of carbonyl (C=O) groups excluding carboxylic acids is 4. The van der Waals surface area contributed by atoms with E-state index in [4.69, 9.17) is 37.0 Å². The lowest BCUT2D eigenvalue weighted by Crippen LogP contribution is -2.30. The molecular formula is C70H136O17P2. The molecule has 0 radical (unpaired) electrons. The fourth-order valence-corrected chi connectivity index (χ4v) is 12.2. The first-order valence-electron chi connectivity index (χ1n) is 36.7. The Hall–Kier alpha value is -1.94. The van der Waals surface area contributed by atoms with Crippen LogP contribution in [0.3, 0.4) is 0 Å². The number of hydrogen-bond acceptors (Lipinski definition) is 15. The summed E-state index contributed by atoms with van der Waals surface area (Å²) in [6, 6.07) is 0. The quantitative estimate of drug-likeness (QED) is 0.0222. The molecular weight excluding hydrogens is 1170 g/mol. The molecule has 0 heterocycles. The van der Waals surface area contributed by atoms with E-state index in [0.29, 0.717) is 25.7 Å². The first-order valence-corrected chi connectivity index (χ1v) is 39.7. The number of phosphoric acid groups is 2. The van der Waals surface area contributed by atoms with Crippen LogP contribution < -0.4 is 0 Å². The topological polar surface area (TPSA) is 237 Å². The van der Waals surface area contributed by atoms with E-state index in [1.165, 1.54) is 180 Å². The molecule has 6 atom stereocenters. The highest BCUT2D eigenvalue weighted by Gasteiger charge is 2.30. The second-order valence-electron chi connectivity index (χ2n) is 25.5. The average molecular weight is 1310 g/mol. The third-order valence-electron chi connectivity index (χ3n) is 16.6. The third-order valence-corrected chi connectivity index (χ3v) is 18.5. The van der Waals surface area contributed by atoms with Crippen molar-refractivity contribution in [3.05, 3.63) is 0 Å². The van der Waals surface area contributed by atoms with Gasteiger partial charge in [-0.3, -0.25) is 37.3 Å². The predicted molar refractivity (Wildman–Crippen MR) is 358 cm³/mol. The molecule has 0 fully saturated rings. The van der Waals surface area contributed by atoms with E-state index >= 15 is 0 Å². The Balaban J connectivity index is 5.12. The molecule has 89 heavy (non-hydrogen) atoms. The standard InChI is InChI=1S/C70H136O17P2/c1-6-10-13-16-18-20-22-24-25-26-27-28-29-30-31-33-35-41-46-51-56-70(75)87-66(60-81-68(73)54-49-44-39-37-36-38-43-47-52-63(5)9-4)62-85-89(78,79)83-58-64(71)57-82-88(76,77)84-61-65(59-80-67(72)53-48-42-15-12-8-3)86-69(74)55-50-45-40-34-32-23-21-19-17-14-11-7-2/h63-66,71H,6-62H2,1-5H3,(H,76,77)(H,78,79)/t63?,64-,65+,66+/m0/s1. The molecule has 19 heteroatoms. The van der Waals surface area contributed by atoms with E-state index in [2.05, 4.69) is 34.6 Å². The molecule has 0 aliphatic heterocycles. The monoisotopic (exact) mass is 1310 g/mol. The third kappa shape index (κ3) is 63.2. The second-order valence-corrected chi connectivity index (χ2v) is 28.4. The van der Waals surface area contributed by atoms with Gasteiger partial charge in [0.25, 0.3) is 0 Å². The predicted octanol–water partition coefficient (Wildman–Crippen LogP) is 20.1. The van der Waals surface area contributed by atoms with Crippen LogP contribution in [0.15, 0.2) is 0 Å². The highest BCUT2D eigenvalue weighted by Crippen LogP contribution is 2.45. The summed E-state index contributed by atoms with van der Waals surface area (Å²) < 4.78 is 68.1.